The number of ether oxygens (including phenoxy) is 2. The van der Waals surface area contributed by atoms with Gasteiger partial charge in [-0.2, -0.15) is 5.10 Å². The Kier molecular flexibility index (Phi) is 4.78. The lowest BCUT2D eigenvalue weighted by Crippen LogP contribution is -2.00. The highest BCUT2D eigenvalue weighted by molar-refractivity contribution is 7.14. The second-order valence-corrected chi connectivity index (χ2v) is 4.62. The number of hydrazone groups is 1. The van der Waals surface area contributed by atoms with Crippen molar-refractivity contribution < 1.29 is 9.47 Å². The number of hydrogen-bond acceptors (Lipinski definition) is 7. The van der Waals surface area contributed by atoms with Crippen molar-refractivity contribution in [1.82, 2.24) is 4.98 Å². The zero-order valence-corrected chi connectivity index (χ0v) is 12.1. The second-order valence-electron chi connectivity index (χ2n) is 3.76. The summed E-state index contributed by atoms with van der Waals surface area (Å²) in [7, 11) is 1.61. The van der Waals surface area contributed by atoms with E-state index in [9.17, 15) is 0 Å². The first-order valence-electron chi connectivity index (χ1n) is 6.04. The highest BCUT2D eigenvalue weighted by atomic mass is 32.1. The molecule has 0 atom stereocenters. The fourth-order valence-corrected chi connectivity index (χ4v) is 2.14. The Morgan fingerprint density at radius 3 is 3.00 bits per heavy atom. The lowest BCUT2D eigenvalue weighted by molar-refractivity contribution is 0.310. The van der Waals surface area contributed by atoms with Gasteiger partial charge in [0, 0.05) is 10.9 Å². The fraction of sp³-hybridized carbons (Fsp3) is 0.231. The molecule has 1 aromatic carbocycles. The zero-order valence-electron chi connectivity index (χ0n) is 11.3. The molecule has 0 amide bonds. The third kappa shape index (κ3) is 3.39. The Bertz CT molecular complexity index is 598. The summed E-state index contributed by atoms with van der Waals surface area (Å²) in [5.41, 5.74) is 9.18. The molecule has 7 heteroatoms. The first kappa shape index (κ1) is 14.1. The standard InChI is InChI=1S/C13H16N4O2S/c1-3-19-12-9(5-4-6-10(12)18-2)7-15-17-13-16-11(14)8-20-13/h4-8H,3,14H2,1-2H3,(H,16,17). The predicted molar refractivity (Wildman–Crippen MR) is 81.9 cm³/mol. The van der Waals surface area contributed by atoms with Gasteiger partial charge in [0.05, 0.1) is 19.9 Å². The molecule has 0 saturated carbocycles. The van der Waals surface area contributed by atoms with Gasteiger partial charge in [0.25, 0.3) is 0 Å². The van der Waals surface area contributed by atoms with Crippen LogP contribution in [0.5, 0.6) is 11.5 Å². The lowest BCUT2D eigenvalue weighted by atomic mass is 10.2. The predicted octanol–water partition coefficient (Wildman–Crippen LogP) is 2.58. The van der Waals surface area contributed by atoms with E-state index in [4.69, 9.17) is 15.2 Å². The van der Waals surface area contributed by atoms with E-state index in [1.165, 1.54) is 11.3 Å². The van der Waals surface area contributed by atoms with Gasteiger partial charge in [0.15, 0.2) is 11.5 Å². The van der Waals surface area contributed by atoms with Crippen molar-refractivity contribution in [1.29, 1.82) is 0 Å². The molecule has 1 heterocycles. The molecule has 0 radical (unpaired) electrons. The van der Waals surface area contributed by atoms with Crippen molar-refractivity contribution in [3.8, 4) is 11.5 Å². The smallest absolute Gasteiger partial charge is 0.205 e. The molecule has 2 aromatic rings. The van der Waals surface area contributed by atoms with Crippen LogP contribution in [0.4, 0.5) is 10.9 Å². The Labute approximate surface area is 121 Å². The molecule has 3 N–H and O–H groups in total. The molecule has 0 fully saturated rings. The summed E-state index contributed by atoms with van der Waals surface area (Å²) >= 11 is 1.39. The normalized spacial score (nSPS) is 10.7. The van der Waals surface area contributed by atoms with Crippen molar-refractivity contribution in [2.24, 2.45) is 5.10 Å². The van der Waals surface area contributed by atoms with Crippen molar-refractivity contribution in [3.05, 3.63) is 29.1 Å². The topological polar surface area (TPSA) is 81.8 Å². The minimum absolute atomic E-state index is 0.476. The van der Waals surface area contributed by atoms with Gasteiger partial charge >= 0.3 is 0 Å². The number of nitrogens with two attached hydrogens (primary N) is 1. The van der Waals surface area contributed by atoms with Crippen LogP contribution in [0.3, 0.4) is 0 Å². The van der Waals surface area contributed by atoms with Crippen LogP contribution < -0.4 is 20.6 Å². The van der Waals surface area contributed by atoms with E-state index in [-0.39, 0.29) is 0 Å². The molecular formula is C13H16N4O2S. The van der Waals surface area contributed by atoms with E-state index in [1.807, 2.05) is 25.1 Å². The summed E-state index contributed by atoms with van der Waals surface area (Å²) in [6.07, 6.45) is 1.66. The average Bonchev–Trinajstić information content (AvgIpc) is 2.86. The molecule has 0 spiro atoms. The van der Waals surface area contributed by atoms with Crippen molar-refractivity contribution in [2.45, 2.75) is 6.92 Å². The van der Waals surface area contributed by atoms with Crippen LogP contribution in [0.2, 0.25) is 0 Å². The molecule has 0 aliphatic carbocycles. The first-order chi connectivity index (χ1) is 9.74. The summed E-state index contributed by atoms with van der Waals surface area (Å²) in [6, 6.07) is 5.62. The lowest BCUT2D eigenvalue weighted by Gasteiger charge is -2.11. The fourth-order valence-electron chi connectivity index (χ4n) is 1.59. The van der Waals surface area contributed by atoms with E-state index in [2.05, 4.69) is 15.5 Å². The number of rotatable bonds is 6. The van der Waals surface area contributed by atoms with Gasteiger partial charge in [-0.1, -0.05) is 6.07 Å². The van der Waals surface area contributed by atoms with E-state index in [0.29, 0.717) is 29.1 Å². The summed E-state index contributed by atoms with van der Waals surface area (Å²) in [5, 5.41) is 6.51. The van der Waals surface area contributed by atoms with Crippen LogP contribution in [0.25, 0.3) is 0 Å². The number of anilines is 2. The highest BCUT2D eigenvalue weighted by Gasteiger charge is 2.08. The Hall–Kier alpha value is -2.28. The first-order valence-corrected chi connectivity index (χ1v) is 6.92. The summed E-state index contributed by atoms with van der Waals surface area (Å²) < 4.78 is 10.9. The Morgan fingerprint density at radius 2 is 2.35 bits per heavy atom. The SMILES string of the molecule is CCOc1c(C=NNc2nc(N)cs2)cccc1OC. The van der Waals surface area contributed by atoms with Gasteiger partial charge in [0.2, 0.25) is 5.13 Å². The number of methoxy groups -OCH3 is 1. The molecule has 6 nitrogen and oxygen atoms in total. The van der Waals surface area contributed by atoms with E-state index >= 15 is 0 Å². The maximum Gasteiger partial charge on any atom is 0.205 e. The van der Waals surface area contributed by atoms with Crippen LogP contribution in [-0.4, -0.2) is 24.9 Å². The van der Waals surface area contributed by atoms with Crippen molar-refractivity contribution in [2.75, 3.05) is 24.9 Å². The number of nitrogens with one attached hydrogen (secondary N) is 1. The highest BCUT2D eigenvalue weighted by Crippen LogP contribution is 2.30. The number of benzene rings is 1. The molecule has 20 heavy (non-hydrogen) atoms. The van der Waals surface area contributed by atoms with E-state index in [1.54, 1.807) is 18.7 Å². The zero-order chi connectivity index (χ0) is 14.4. The number of nitrogens with zero attached hydrogens (tertiary/aromatic N) is 2. The van der Waals surface area contributed by atoms with Crippen molar-refractivity contribution in [3.63, 3.8) is 0 Å². The summed E-state index contributed by atoms with van der Waals surface area (Å²) in [5.74, 6) is 1.82. The monoisotopic (exact) mass is 292 g/mol. The molecule has 106 valence electrons. The van der Waals surface area contributed by atoms with Crippen LogP contribution >= 0.6 is 11.3 Å². The molecule has 0 bridgehead atoms. The van der Waals surface area contributed by atoms with Gasteiger partial charge < -0.3 is 15.2 Å². The summed E-state index contributed by atoms with van der Waals surface area (Å²) in [6.45, 7) is 2.47. The molecule has 0 aliphatic rings. The van der Waals surface area contributed by atoms with Crippen LogP contribution in [0.1, 0.15) is 12.5 Å². The van der Waals surface area contributed by atoms with Crippen molar-refractivity contribution >= 4 is 28.5 Å². The molecule has 2 rings (SSSR count). The largest absolute Gasteiger partial charge is 0.493 e. The van der Waals surface area contributed by atoms with E-state index < -0.39 is 0 Å². The van der Waals surface area contributed by atoms with Gasteiger partial charge in [-0.15, -0.1) is 11.3 Å². The molecule has 1 aromatic heterocycles. The number of aromatic nitrogens is 1. The Morgan fingerprint density at radius 1 is 1.50 bits per heavy atom. The third-order valence-corrected chi connectivity index (χ3v) is 3.17. The van der Waals surface area contributed by atoms with Crippen LogP contribution in [0.15, 0.2) is 28.7 Å². The number of para-hydroxylation sites is 1. The quantitative estimate of drug-likeness (QED) is 0.631. The Balaban J connectivity index is 2.15. The van der Waals surface area contributed by atoms with Gasteiger partial charge in [0.1, 0.15) is 5.82 Å². The maximum atomic E-state index is 5.59. The molecule has 0 unspecified atom stereocenters. The number of nitrogen functional groups attached to an aromatic ring is 1. The second kappa shape index (κ2) is 6.76. The van der Waals surface area contributed by atoms with Crippen LogP contribution in [-0.2, 0) is 0 Å². The minimum Gasteiger partial charge on any atom is -0.493 e. The maximum absolute atomic E-state index is 5.59. The third-order valence-electron chi connectivity index (χ3n) is 2.40. The molecule has 0 aliphatic heterocycles. The number of hydrogen-bond donors (Lipinski definition) is 2. The van der Waals surface area contributed by atoms with Gasteiger partial charge in [-0.25, -0.2) is 4.98 Å². The van der Waals surface area contributed by atoms with E-state index in [0.717, 1.165) is 5.56 Å². The summed E-state index contributed by atoms with van der Waals surface area (Å²) in [4.78, 5) is 4.05. The molecule has 0 saturated heterocycles. The average molecular weight is 292 g/mol. The minimum atomic E-state index is 0.476. The van der Waals surface area contributed by atoms with Gasteiger partial charge in [-0.3, -0.25) is 5.43 Å². The van der Waals surface area contributed by atoms with Crippen LogP contribution in [0, 0.1) is 0 Å². The molecular weight excluding hydrogens is 276 g/mol. The number of thiazole rings is 1. The van der Waals surface area contributed by atoms with Gasteiger partial charge in [-0.05, 0) is 19.1 Å².